The molecule has 2 rings (SSSR count). The minimum Gasteiger partial charge on any atom is -0.289 e. The summed E-state index contributed by atoms with van der Waals surface area (Å²) in [6, 6.07) is 5.41. The molecule has 0 saturated carbocycles. The van der Waals surface area contributed by atoms with E-state index in [4.69, 9.17) is 11.1 Å². The molecule has 3 N–H and O–H groups in total. The van der Waals surface area contributed by atoms with Gasteiger partial charge in [-0.1, -0.05) is 6.07 Å². The topological polar surface area (TPSA) is 114 Å². The summed E-state index contributed by atoms with van der Waals surface area (Å²) in [7, 11) is 0. The van der Waals surface area contributed by atoms with E-state index in [1.165, 1.54) is 13.0 Å². The number of nitrogens with two attached hydrogens (primary N) is 1. The maximum Gasteiger partial charge on any atom is 0.416 e. The number of amides is 1. The quantitative estimate of drug-likeness (QED) is 0.483. The second kappa shape index (κ2) is 6.13. The van der Waals surface area contributed by atoms with Crippen LogP contribution in [0.2, 0.25) is 0 Å². The highest BCUT2D eigenvalue weighted by atomic mass is 19.4. The van der Waals surface area contributed by atoms with Gasteiger partial charge in [0.25, 0.3) is 11.5 Å². The van der Waals surface area contributed by atoms with Gasteiger partial charge in [-0.3, -0.25) is 15.0 Å². The standard InChI is InChI=1S/C14H10F3N5O2/c1-7-10(6-18)13(24)22(21-11(7)12(23)20-19)9-4-2-3-8(5-9)14(15,16)17/h2-5H,19H2,1H3,(H,20,23). The maximum atomic E-state index is 12.8. The van der Waals surface area contributed by atoms with E-state index in [0.29, 0.717) is 10.7 Å². The number of nitrogens with zero attached hydrogens (tertiary/aromatic N) is 3. The fraction of sp³-hybridized carbons (Fsp3) is 0.143. The van der Waals surface area contributed by atoms with Gasteiger partial charge in [0.1, 0.15) is 11.6 Å². The summed E-state index contributed by atoms with van der Waals surface area (Å²) in [5.74, 6) is 4.13. The van der Waals surface area contributed by atoms with Gasteiger partial charge in [-0.15, -0.1) is 0 Å². The van der Waals surface area contributed by atoms with Gasteiger partial charge in [0.15, 0.2) is 5.69 Å². The van der Waals surface area contributed by atoms with Crippen molar-refractivity contribution in [3.63, 3.8) is 0 Å². The lowest BCUT2D eigenvalue weighted by molar-refractivity contribution is -0.137. The van der Waals surface area contributed by atoms with Crippen LogP contribution < -0.4 is 16.8 Å². The van der Waals surface area contributed by atoms with Gasteiger partial charge in [-0.2, -0.15) is 28.2 Å². The molecule has 7 nitrogen and oxygen atoms in total. The summed E-state index contributed by atoms with van der Waals surface area (Å²) in [6.45, 7) is 1.31. The normalized spacial score (nSPS) is 11.0. The summed E-state index contributed by atoms with van der Waals surface area (Å²) in [5, 5.41) is 12.8. The Labute approximate surface area is 133 Å². The Morgan fingerprint density at radius 1 is 1.42 bits per heavy atom. The number of nitrogen functional groups attached to an aromatic ring is 1. The van der Waals surface area contributed by atoms with Gasteiger partial charge in [-0.25, -0.2) is 5.84 Å². The molecule has 2 aromatic rings. The van der Waals surface area contributed by atoms with Crippen molar-refractivity contribution < 1.29 is 18.0 Å². The second-order valence-corrected chi connectivity index (χ2v) is 4.70. The molecule has 10 heteroatoms. The van der Waals surface area contributed by atoms with Crippen molar-refractivity contribution in [2.75, 3.05) is 0 Å². The van der Waals surface area contributed by atoms with Crippen LogP contribution in [0.3, 0.4) is 0 Å². The lowest BCUT2D eigenvalue weighted by Crippen LogP contribution is -2.35. The lowest BCUT2D eigenvalue weighted by atomic mass is 10.1. The summed E-state index contributed by atoms with van der Waals surface area (Å²) in [5.41, 5.74) is -1.16. The van der Waals surface area contributed by atoms with Crippen LogP contribution in [0, 0.1) is 18.3 Å². The number of halogens is 3. The number of hydrazine groups is 1. The molecule has 0 radical (unpaired) electrons. The number of rotatable bonds is 2. The van der Waals surface area contributed by atoms with Crippen molar-refractivity contribution in [1.29, 1.82) is 5.26 Å². The summed E-state index contributed by atoms with van der Waals surface area (Å²) in [4.78, 5) is 24.0. The molecular formula is C14H10F3N5O2. The molecule has 0 aliphatic carbocycles. The lowest BCUT2D eigenvalue weighted by Gasteiger charge is -2.12. The number of nitrogens with one attached hydrogen (secondary N) is 1. The Morgan fingerprint density at radius 3 is 2.62 bits per heavy atom. The van der Waals surface area contributed by atoms with Crippen LogP contribution in [0.5, 0.6) is 0 Å². The van der Waals surface area contributed by atoms with E-state index in [-0.39, 0.29) is 16.9 Å². The largest absolute Gasteiger partial charge is 0.416 e. The van der Waals surface area contributed by atoms with E-state index in [1.807, 2.05) is 0 Å². The average Bonchev–Trinajstić information content (AvgIpc) is 2.54. The number of hydrogen-bond donors (Lipinski definition) is 2. The molecule has 124 valence electrons. The molecule has 0 aliphatic heterocycles. The Kier molecular flexibility index (Phi) is 4.39. The molecule has 0 fully saturated rings. The van der Waals surface area contributed by atoms with Crippen LogP contribution in [0.1, 0.15) is 27.2 Å². The Hall–Kier alpha value is -3.19. The molecule has 1 aromatic carbocycles. The fourth-order valence-electron chi connectivity index (χ4n) is 2.01. The van der Waals surface area contributed by atoms with Crippen LogP contribution in [-0.4, -0.2) is 15.7 Å². The zero-order chi connectivity index (χ0) is 18.1. The predicted molar refractivity (Wildman–Crippen MR) is 75.9 cm³/mol. The Bertz CT molecular complexity index is 912. The Balaban J connectivity index is 2.79. The van der Waals surface area contributed by atoms with E-state index < -0.39 is 28.8 Å². The molecule has 0 atom stereocenters. The van der Waals surface area contributed by atoms with Crippen LogP contribution in [0.15, 0.2) is 29.1 Å². The van der Waals surface area contributed by atoms with Crippen molar-refractivity contribution in [2.24, 2.45) is 5.84 Å². The third-order valence-corrected chi connectivity index (χ3v) is 3.21. The van der Waals surface area contributed by atoms with Crippen molar-refractivity contribution in [2.45, 2.75) is 13.1 Å². The smallest absolute Gasteiger partial charge is 0.289 e. The summed E-state index contributed by atoms with van der Waals surface area (Å²) >= 11 is 0. The SMILES string of the molecule is Cc1c(C(=O)NN)nn(-c2cccc(C(F)(F)F)c2)c(=O)c1C#N. The number of carbonyl (C=O) groups is 1. The molecule has 0 spiro atoms. The maximum absolute atomic E-state index is 12.8. The molecule has 0 bridgehead atoms. The number of aromatic nitrogens is 2. The van der Waals surface area contributed by atoms with Gasteiger partial charge in [0, 0.05) is 5.56 Å². The van der Waals surface area contributed by atoms with E-state index in [9.17, 15) is 22.8 Å². The van der Waals surface area contributed by atoms with Crippen molar-refractivity contribution in [3.05, 3.63) is 57.0 Å². The van der Waals surface area contributed by atoms with E-state index in [1.54, 1.807) is 11.5 Å². The van der Waals surface area contributed by atoms with E-state index in [2.05, 4.69) is 5.10 Å². The minimum absolute atomic E-state index is 0.0197. The van der Waals surface area contributed by atoms with E-state index in [0.717, 1.165) is 12.1 Å². The number of nitriles is 1. The van der Waals surface area contributed by atoms with Gasteiger partial charge in [-0.05, 0) is 25.1 Å². The van der Waals surface area contributed by atoms with Gasteiger partial charge in [0.2, 0.25) is 0 Å². The van der Waals surface area contributed by atoms with Gasteiger partial charge < -0.3 is 0 Å². The monoisotopic (exact) mass is 337 g/mol. The molecule has 1 heterocycles. The number of alkyl halides is 3. The third-order valence-electron chi connectivity index (χ3n) is 3.21. The minimum atomic E-state index is -4.63. The van der Waals surface area contributed by atoms with Gasteiger partial charge >= 0.3 is 6.18 Å². The summed E-state index contributed by atoms with van der Waals surface area (Å²) < 4.78 is 39.0. The van der Waals surface area contributed by atoms with Gasteiger partial charge in [0.05, 0.1) is 11.3 Å². The third kappa shape index (κ3) is 2.97. The molecule has 24 heavy (non-hydrogen) atoms. The van der Waals surface area contributed by atoms with Crippen LogP contribution in [-0.2, 0) is 6.18 Å². The fourth-order valence-corrected chi connectivity index (χ4v) is 2.01. The zero-order valence-electron chi connectivity index (χ0n) is 12.2. The highest BCUT2D eigenvalue weighted by molar-refractivity contribution is 5.93. The first kappa shape index (κ1) is 17.2. The molecule has 0 saturated heterocycles. The van der Waals surface area contributed by atoms with Crippen LogP contribution in [0.25, 0.3) is 5.69 Å². The van der Waals surface area contributed by atoms with Crippen molar-refractivity contribution in [3.8, 4) is 11.8 Å². The second-order valence-electron chi connectivity index (χ2n) is 4.70. The molecule has 1 aromatic heterocycles. The first-order chi connectivity index (χ1) is 11.2. The predicted octanol–water partition coefficient (Wildman–Crippen LogP) is 1.03. The number of carbonyl (C=O) groups excluding carboxylic acids is 1. The number of benzene rings is 1. The van der Waals surface area contributed by atoms with Crippen LogP contribution >= 0.6 is 0 Å². The zero-order valence-corrected chi connectivity index (χ0v) is 12.2. The van der Waals surface area contributed by atoms with Crippen molar-refractivity contribution in [1.82, 2.24) is 15.2 Å². The first-order valence-electron chi connectivity index (χ1n) is 6.43. The van der Waals surface area contributed by atoms with E-state index >= 15 is 0 Å². The first-order valence-corrected chi connectivity index (χ1v) is 6.43. The average molecular weight is 337 g/mol. The summed E-state index contributed by atoms with van der Waals surface area (Å²) in [6.07, 6.45) is -4.63. The Morgan fingerprint density at radius 2 is 2.08 bits per heavy atom. The molecular weight excluding hydrogens is 327 g/mol. The molecule has 1 amide bonds. The molecule has 0 aliphatic rings. The van der Waals surface area contributed by atoms with Crippen molar-refractivity contribution >= 4 is 5.91 Å². The highest BCUT2D eigenvalue weighted by Gasteiger charge is 2.31. The highest BCUT2D eigenvalue weighted by Crippen LogP contribution is 2.30. The number of hydrogen-bond acceptors (Lipinski definition) is 5. The van der Waals surface area contributed by atoms with Crippen LogP contribution in [0.4, 0.5) is 13.2 Å². The molecule has 0 unspecified atom stereocenters.